The molecule has 2 nitrogen and oxygen atoms in total. The highest BCUT2D eigenvalue weighted by molar-refractivity contribution is 6.21. The molecule has 1 aliphatic carbocycles. The lowest BCUT2D eigenvalue weighted by Gasteiger charge is -2.28. The van der Waals surface area contributed by atoms with Crippen LogP contribution in [-0.4, -0.2) is 4.57 Å². The lowest BCUT2D eigenvalue weighted by atomic mass is 9.82. The third kappa shape index (κ3) is 6.42. The summed E-state index contributed by atoms with van der Waals surface area (Å²) in [4.78, 5) is 2.42. The Bertz CT molecular complexity index is 4240. The molecule has 14 rings (SSSR count). The minimum Gasteiger partial charge on any atom is -0.310 e. The van der Waals surface area contributed by atoms with E-state index in [-0.39, 0.29) is 5.41 Å². The molecule has 1 aliphatic rings. The number of para-hydroxylation sites is 2. The van der Waals surface area contributed by atoms with Crippen molar-refractivity contribution in [1.82, 2.24) is 4.57 Å². The number of fused-ring (bicyclic) bond motifs is 10. The van der Waals surface area contributed by atoms with Crippen molar-refractivity contribution in [2.24, 2.45) is 0 Å². The van der Waals surface area contributed by atoms with Gasteiger partial charge in [0.15, 0.2) is 0 Å². The van der Waals surface area contributed by atoms with Gasteiger partial charge in [-0.15, -0.1) is 0 Å². The van der Waals surface area contributed by atoms with Crippen molar-refractivity contribution in [3.8, 4) is 50.2 Å². The second-order valence-corrected chi connectivity index (χ2v) is 19.6. The summed E-state index contributed by atoms with van der Waals surface area (Å²) in [5.74, 6) is 0. The molecular formula is C69H48N2. The molecule has 0 atom stereocenters. The van der Waals surface area contributed by atoms with E-state index >= 15 is 0 Å². The van der Waals surface area contributed by atoms with Gasteiger partial charge in [-0.2, -0.15) is 0 Å². The number of hydrogen-bond acceptors (Lipinski definition) is 1. The maximum atomic E-state index is 2.48. The van der Waals surface area contributed by atoms with Crippen LogP contribution in [-0.2, 0) is 5.41 Å². The first-order chi connectivity index (χ1) is 35.0. The second kappa shape index (κ2) is 16.1. The van der Waals surface area contributed by atoms with Crippen molar-refractivity contribution in [2.75, 3.05) is 4.90 Å². The fourth-order valence-electron chi connectivity index (χ4n) is 12.0. The SMILES string of the molecule is CC1(C)c2ccccc2-c2ccc(N(c3ccc(-c4ccccc4-n4c5ccccc5c5c(-c6cc7ccccc7c7ccccc67)cccc54)cc3)c3ccc(-c4cccc5ccccc45)cc3)cc21. The van der Waals surface area contributed by atoms with Gasteiger partial charge in [-0.3, -0.25) is 0 Å². The standard InChI is InChI=1S/C69H48N2/c1-69(2)63-29-12-9-25-58(63)59-42-41-51(44-64(59)69)70(49-37-33-46(34-38-49)53-27-15-19-45-17-3-5-20-52(45)53)50-39-35-47(36-40-50)55-22-10-13-30-65(55)71-66-31-14-11-26-61(66)68-60(28-16-32-67(68)71)62-43-48-18-4-6-21-54(48)56-23-7-8-24-57(56)62/h3-44H,1-2H3. The number of anilines is 3. The fourth-order valence-corrected chi connectivity index (χ4v) is 12.0. The van der Waals surface area contributed by atoms with Crippen molar-refractivity contribution < 1.29 is 0 Å². The van der Waals surface area contributed by atoms with Crippen LogP contribution in [0.4, 0.5) is 17.1 Å². The number of rotatable bonds is 7. The van der Waals surface area contributed by atoms with Crippen molar-refractivity contribution in [3.63, 3.8) is 0 Å². The topological polar surface area (TPSA) is 8.17 Å². The third-order valence-electron chi connectivity index (χ3n) is 15.4. The lowest BCUT2D eigenvalue weighted by Crippen LogP contribution is -2.16. The van der Waals surface area contributed by atoms with E-state index in [0.29, 0.717) is 0 Å². The summed E-state index contributed by atoms with van der Waals surface area (Å²) in [6.45, 7) is 4.72. The van der Waals surface area contributed by atoms with Gasteiger partial charge in [0.05, 0.1) is 16.7 Å². The van der Waals surface area contributed by atoms with E-state index in [2.05, 4.69) is 278 Å². The van der Waals surface area contributed by atoms with Crippen LogP contribution in [0.1, 0.15) is 25.0 Å². The lowest BCUT2D eigenvalue weighted by molar-refractivity contribution is 0.660. The zero-order chi connectivity index (χ0) is 47.2. The Morgan fingerprint density at radius 2 is 0.831 bits per heavy atom. The Kier molecular flexibility index (Phi) is 9.28. The molecule has 0 radical (unpaired) electrons. The summed E-state index contributed by atoms with van der Waals surface area (Å²) < 4.78 is 2.48. The Balaban J connectivity index is 0.903. The van der Waals surface area contributed by atoms with Gasteiger partial charge in [-0.25, -0.2) is 0 Å². The molecule has 334 valence electrons. The summed E-state index contributed by atoms with van der Waals surface area (Å²) in [5, 5.41) is 10.1. The first-order valence-electron chi connectivity index (χ1n) is 24.8. The van der Waals surface area contributed by atoms with Crippen molar-refractivity contribution in [3.05, 3.63) is 266 Å². The van der Waals surface area contributed by atoms with Crippen LogP contribution in [0.2, 0.25) is 0 Å². The second-order valence-electron chi connectivity index (χ2n) is 19.6. The molecule has 71 heavy (non-hydrogen) atoms. The predicted octanol–water partition coefficient (Wildman–Crippen LogP) is 19.0. The Hall–Kier alpha value is -8.98. The van der Waals surface area contributed by atoms with E-state index in [4.69, 9.17) is 0 Å². The van der Waals surface area contributed by atoms with Crippen LogP contribution in [0.25, 0.3) is 104 Å². The molecule has 0 spiro atoms. The summed E-state index contributed by atoms with van der Waals surface area (Å²) in [5.41, 5.74) is 19.4. The number of hydrogen-bond donors (Lipinski definition) is 0. The zero-order valence-corrected chi connectivity index (χ0v) is 39.6. The fraction of sp³-hybridized carbons (Fsp3) is 0.0435. The molecule has 0 bridgehead atoms. The molecule has 0 saturated heterocycles. The Morgan fingerprint density at radius 1 is 0.310 bits per heavy atom. The van der Waals surface area contributed by atoms with Crippen molar-refractivity contribution in [2.45, 2.75) is 19.3 Å². The molecule has 0 fully saturated rings. The molecule has 12 aromatic carbocycles. The van der Waals surface area contributed by atoms with Gasteiger partial charge in [-0.05, 0) is 143 Å². The normalized spacial score (nSPS) is 12.8. The van der Waals surface area contributed by atoms with Gasteiger partial charge < -0.3 is 9.47 Å². The summed E-state index contributed by atoms with van der Waals surface area (Å²) in [6, 6.07) is 94.2. The van der Waals surface area contributed by atoms with Crippen molar-refractivity contribution in [1.29, 1.82) is 0 Å². The van der Waals surface area contributed by atoms with E-state index in [1.165, 1.54) is 104 Å². The molecule has 2 heteroatoms. The largest absolute Gasteiger partial charge is 0.310 e. The van der Waals surface area contributed by atoms with Gasteiger partial charge in [-0.1, -0.05) is 208 Å². The van der Waals surface area contributed by atoms with E-state index in [0.717, 1.165) is 28.3 Å². The van der Waals surface area contributed by atoms with E-state index in [1.54, 1.807) is 0 Å². The summed E-state index contributed by atoms with van der Waals surface area (Å²) in [7, 11) is 0. The molecule has 0 amide bonds. The van der Waals surface area contributed by atoms with Gasteiger partial charge in [0.25, 0.3) is 0 Å². The van der Waals surface area contributed by atoms with Crippen LogP contribution in [0.5, 0.6) is 0 Å². The number of aromatic nitrogens is 1. The Labute approximate surface area is 414 Å². The van der Waals surface area contributed by atoms with Crippen LogP contribution >= 0.6 is 0 Å². The minimum atomic E-state index is -0.129. The van der Waals surface area contributed by atoms with Crippen LogP contribution in [0.15, 0.2) is 255 Å². The van der Waals surface area contributed by atoms with E-state index in [1.807, 2.05) is 0 Å². The average molecular weight is 905 g/mol. The van der Waals surface area contributed by atoms with Gasteiger partial charge in [0.1, 0.15) is 0 Å². The highest BCUT2D eigenvalue weighted by Gasteiger charge is 2.36. The zero-order valence-electron chi connectivity index (χ0n) is 39.6. The molecular weight excluding hydrogens is 857 g/mol. The third-order valence-corrected chi connectivity index (χ3v) is 15.4. The maximum absolute atomic E-state index is 2.48. The average Bonchev–Trinajstić information content (AvgIpc) is 3.89. The van der Waals surface area contributed by atoms with Crippen LogP contribution in [0.3, 0.4) is 0 Å². The quantitative estimate of drug-likeness (QED) is 0.145. The predicted molar refractivity (Wildman–Crippen MR) is 302 cm³/mol. The molecule has 13 aromatic rings. The highest BCUT2D eigenvalue weighted by Crippen LogP contribution is 2.51. The monoisotopic (exact) mass is 904 g/mol. The smallest absolute Gasteiger partial charge is 0.0547 e. The maximum Gasteiger partial charge on any atom is 0.0547 e. The van der Waals surface area contributed by atoms with Gasteiger partial charge >= 0.3 is 0 Å². The molecule has 1 aromatic heterocycles. The van der Waals surface area contributed by atoms with Crippen LogP contribution in [0, 0.1) is 0 Å². The molecule has 0 aliphatic heterocycles. The van der Waals surface area contributed by atoms with Gasteiger partial charge in [0.2, 0.25) is 0 Å². The van der Waals surface area contributed by atoms with E-state index in [9.17, 15) is 0 Å². The highest BCUT2D eigenvalue weighted by atomic mass is 15.1. The summed E-state index contributed by atoms with van der Waals surface area (Å²) >= 11 is 0. The van der Waals surface area contributed by atoms with Crippen LogP contribution < -0.4 is 4.90 Å². The molecule has 0 N–H and O–H groups in total. The summed E-state index contributed by atoms with van der Waals surface area (Å²) in [6.07, 6.45) is 0. The number of benzene rings is 12. The first kappa shape index (κ1) is 41.0. The van der Waals surface area contributed by atoms with E-state index < -0.39 is 0 Å². The Morgan fingerprint density at radius 3 is 1.62 bits per heavy atom. The number of nitrogens with zero attached hydrogens (tertiary/aromatic N) is 2. The van der Waals surface area contributed by atoms with Gasteiger partial charge in [0, 0.05) is 38.8 Å². The first-order valence-corrected chi connectivity index (χ1v) is 24.8. The minimum absolute atomic E-state index is 0.129. The van der Waals surface area contributed by atoms with Crippen molar-refractivity contribution >= 4 is 71.2 Å². The molecule has 0 saturated carbocycles. The molecule has 1 heterocycles. The molecule has 0 unspecified atom stereocenters.